The summed E-state index contributed by atoms with van der Waals surface area (Å²) in [6.45, 7) is 6.55. The lowest BCUT2D eigenvalue weighted by molar-refractivity contribution is -0.181. The van der Waals surface area contributed by atoms with Crippen molar-refractivity contribution in [3.05, 3.63) is 60.2 Å². The van der Waals surface area contributed by atoms with Crippen molar-refractivity contribution in [2.24, 2.45) is 11.8 Å². The number of nitrogen functional groups attached to an aromatic ring is 1. The number of carboxylic acid groups (broad SMARTS) is 1. The predicted octanol–water partition coefficient (Wildman–Crippen LogP) is 6.34. The first kappa shape index (κ1) is 32.6. The molecule has 0 aromatic heterocycles. The first-order chi connectivity index (χ1) is 20.2. The van der Waals surface area contributed by atoms with Crippen LogP contribution in [-0.2, 0) is 15.9 Å². The Hall–Kier alpha value is -2.30. The molecule has 2 aliphatic carbocycles. The number of nitrogens with two attached hydrogens (primary N) is 1. The molecule has 0 spiro atoms. The third-order valence-electron chi connectivity index (χ3n) is 8.57. The third-order valence-corrected chi connectivity index (χ3v) is 9.72. The molecule has 5 N–H and O–H groups in total. The van der Waals surface area contributed by atoms with E-state index in [-0.39, 0.29) is 5.79 Å². The largest absolute Gasteiger partial charge is 0.465 e. The van der Waals surface area contributed by atoms with Crippen LogP contribution in [0.5, 0.6) is 0 Å². The number of benzene rings is 2. The van der Waals surface area contributed by atoms with Crippen molar-refractivity contribution >= 4 is 23.7 Å². The maximum absolute atomic E-state index is 11.2. The zero-order chi connectivity index (χ0) is 30.0. The zero-order valence-electron chi connectivity index (χ0n) is 25.1. The van der Waals surface area contributed by atoms with Gasteiger partial charge >= 0.3 is 6.09 Å². The van der Waals surface area contributed by atoms with Gasteiger partial charge in [0.25, 0.3) is 0 Å². The summed E-state index contributed by atoms with van der Waals surface area (Å²) < 4.78 is 13.0. The maximum atomic E-state index is 11.2. The van der Waals surface area contributed by atoms with E-state index in [0.717, 1.165) is 42.4 Å². The first-order valence-electron chi connectivity index (χ1n) is 15.5. The van der Waals surface area contributed by atoms with Gasteiger partial charge in [-0.05, 0) is 80.7 Å². The average Bonchev–Trinajstić information content (AvgIpc) is 3.42. The molecule has 2 aliphatic heterocycles. The Bertz CT molecular complexity index is 1090. The van der Waals surface area contributed by atoms with E-state index >= 15 is 0 Å². The number of hydrogen-bond donors (Lipinski definition) is 4. The monoisotopic (exact) mass is 599 g/mol. The number of aliphatic hydroxyl groups is 1. The summed E-state index contributed by atoms with van der Waals surface area (Å²) in [6.07, 6.45) is 8.98. The van der Waals surface area contributed by atoms with E-state index in [1.54, 1.807) is 11.9 Å². The number of nitrogens with zero attached hydrogens (tertiary/aromatic N) is 1. The zero-order valence-corrected chi connectivity index (χ0v) is 25.9. The van der Waals surface area contributed by atoms with Crippen LogP contribution in [0.1, 0.15) is 70.8 Å². The van der Waals surface area contributed by atoms with Crippen LogP contribution in [0.15, 0.2) is 59.5 Å². The molecule has 4 fully saturated rings. The van der Waals surface area contributed by atoms with Crippen LogP contribution in [0.25, 0.3) is 0 Å². The number of anilines is 1. The van der Waals surface area contributed by atoms with Gasteiger partial charge < -0.3 is 30.7 Å². The van der Waals surface area contributed by atoms with Gasteiger partial charge in [-0.2, -0.15) is 0 Å². The van der Waals surface area contributed by atoms with E-state index in [9.17, 15) is 15.0 Å². The van der Waals surface area contributed by atoms with Crippen LogP contribution in [0.3, 0.4) is 0 Å². The number of nitrogens with one attached hydrogen (secondary N) is 1. The minimum atomic E-state index is -1.13. The quantitative estimate of drug-likeness (QED) is 0.195. The lowest BCUT2D eigenvalue weighted by Gasteiger charge is -2.29. The van der Waals surface area contributed by atoms with Crippen LogP contribution in [0.4, 0.5) is 10.5 Å². The number of ether oxygens (including phenoxy) is 2. The molecule has 2 atom stereocenters. The van der Waals surface area contributed by atoms with E-state index < -0.39 is 18.2 Å². The van der Waals surface area contributed by atoms with Gasteiger partial charge in [0.15, 0.2) is 5.79 Å². The van der Waals surface area contributed by atoms with E-state index in [1.807, 2.05) is 54.6 Å². The van der Waals surface area contributed by atoms with Crippen LogP contribution in [-0.4, -0.2) is 64.3 Å². The number of fused-ring (bicyclic) bond motifs is 1. The Labute approximate surface area is 255 Å². The molecule has 2 saturated heterocycles. The predicted molar refractivity (Wildman–Crippen MR) is 168 cm³/mol. The van der Waals surface area contributed by atoms with Gasteiger partial charge in [-0.3, -0.25) is 0 Å². The molecule has 0 bridgehead atoms. The van der Waals surface area contributed by atoms with Crippen molar-refractivity contribution in [3.8, 4) is 0 Å². The van der Waals surface area contributed by atoms with Gasteiger partial charge in [-0.25, -0.2) is 9.10 Å². The molecular formula is C33H49N3O5S. The van der Waals surface area contributed by atoms with E-state index in [1.165, 1.54) is 38.5 Å². The topological polar surface area (TPSA) is 117 Å². The fourth-order valence-electron chi connectivity index (χ4n) is 5.84. The Morgan fingerprint density at radius 2 is 1.71 bits per heavy atom. The number of amides is 1. The second-order valence-corrected chi connectivity index (χ2v) is 13.3. The SMILES string of the molecule is CC12OCCC1CCO2.CC1CCCC1.Nc1cccc(SN(CC(O)C(Cc2ccccc2)NC(=O)O)C2CC2)c1. The summed E-state index contributed by atoms with van der Waals surface area (Å²) in [4.78, 5) is 12.2. The molecule has 232 valence electrons. The molecule has 2 aromatic carbocycles. The van der Waals surface area contributed by atoms with Crippen molar-refractivity contribution in [1.82, 2.24) is 9.62 Å². The molecule has 1 amide bonds. The van der Waals surface area contributed by atoms with Gasteiger partial charge in [-0.1, -0.05) is 69.0 Å². The molecule has 2 heterocycles. The van der Waals surface area contributed by atoms with E-state index in [2.05, 4.69) is 23.5 Å². The van der Waals surface area contributed by atoms with Crippen LogP contribution in [0.2, 0.25) is 0 Å². The standard InChI is InChI=1S/C20H25N3O3S.C7H12O2.C6H12/c21-15-7-4-8-17(12-15)27-23(16-9-10-16)13-19(24)18(22-20(25)26)11-14-5-2-1-3-6-14;1-7-6(2-4-8-7)3-5-9-7;1-6-4-2-3-5-6/h1-8,12,16,18-19,22,24H,9-11,13,21H2,(H,25,26);6H,2-5H2,1H3;6H,2-5H2,1H3. The number of rotatable bonds is 9. The Balaban J connectivity index is 0.000000216. The average molecular weight is 600 g/mol. The maximum Gasteiger partial charge on any atom is 0.404 e. The lowest BCUT2D eigenvalue weighted by atomic mass is 9.99. The van der Waals surface area contributed by atoms with Gasteiger partial charge in [0.05, 0.1) is 25.4 Å². The third kappa shape index (κ3) is 10.5. The van der Waals surface area contributed by atoms with Gasteiger partial charge in [-0.15, -0.1) is 0 Å². The highest BCUT2D eigenvalue weighted by Crippen LogP contribution is 2.40. The van der Waals surface area contributed by atoms with E-state index in [0.29, 0.717) is 30.6 Å². The minimum Gasteiger partial charge on any atom is -0.465 e. The normalized spacial score (nSPS) is 24.6. The van der Waals surface area contributed by atoms with Gasteiger partial charge in [0.2, 0.25) is 0 Å². The number of hydrogen-bond acceptors (Lipinski definition) is 7. The molecule has 2 unspecified atom stereocenters. The molecule has 9 heteroatoms. The summed E-state index contributed by atoms with van der Waals surface area (Å²) in [7, 11) is 0. The fraction of sp³-hybridized carbons (Fsp3) is 0.606. The molecule has 2 aromatic rings. The highest BCUT2D eigenvalue weighted by molar-refractivity contribution is 7.97. The smallest absolute Gasteiger partial charge is 0.404 e. The highest BCUT2D eigenvalue weighted by Gasteiger charge is 2.45. The second-order valence-electron chi connectivity index (χ2n) is 12.2. The van der Waals surface area contributed by atoms with Crippen molar-refractivity contribution in [3.63, 3.8) is 0 Å². The lowest BCUT2D eigenvalue weighted by Crippen LogP contribution is -2.48. The summed E-state index contributed by atoms with van der Waals surface area (Å²) in [6, 6.07) is 17.1. The van der Waals surface area contributed by atoms with Crippen molar-refractivity contribution in [2.75, 3.05) is 25.5 Å². The van der Waals surface area contributed by atoms with Crippen LogP contribution < -0.4 is 11.1 Å². The number of aliphatic hydroxyl groups excluding tert-OH is 1. The second kappa shape index (κ2) is 16.0. The summed E-state index contributed by atoms with van der Waals surface area (Å²) >= 11 is 1.56. The van der Waals surface area contributed by atoms with Crippen molar-refractivity contribution in [2.45, 2.75) is 101 Å². The molecule has 8 nitrogen and oxygen atoms in total. The highest BCUT2D eigenvalue weighted by atomic mass is 32.2. The molecule has 4 aliphatic rings. The summed E-state index contributed by atoms with van der Waals surface area (Å²) in [5, 5.41) is 22.4. The van der Waals surface area contributed by atoms with Crippen molar-refractivity contribution in [1.29, 1.82) is 0 Å². The molecular weight excluding hydrogens is 550 g/mol. The van der Waals surface area contributed by atoms with Crippen molar-refractivity contribution < 1.29 is 24.5 Å². The van der Waals surface area contributed by atoms with Crippen LogP contribution >= 0.6 is 11.9 Å². The molecule has 6 rings (SSSR count). The van der Waals surface area contributed by atoms with E-state index in [4.69, 9.17) is 15.2 Å². The molecule has 42 heavy (non-hydrogen) atoms. The summed E-state index contributed by atoms with van der Waals surface area (Å²) in [5.41, 5.74) is 7.54. The van der Waals surface area contributed by atoms with Gasteiger partial charge in [0.1, 0.15) is 0 Å². The van der Waals surface area contributed by atoms with Crippen LogP contribution in [0, 0.1) is 11.8 Å². The first-order valence-corrected chi connectivity index (χ1v) is 16.3. The number of carbonyl (C=O) groups is 1. The Morgan fingerprint density at radius 3 is 2.24 bits per heavy atom. The molecule has 0 radical (unpaired) electrons. The Kier molecular flexibility index (Phi) is 12.4. The fourth-order valence-corrected chi connectivity index (χ4v) is 7.02. The summed E-state index contributed by atoms with van der Waals surface area (Å²) in [5.74, 6) is 1.53. The minimum absolute atomic E-state index is 0.194. The Morgan fingerprint density at radius 1 is 1.05 bits per heavy atom. The van der Waals surface area contributed by atoms with Gasteiger partial charge in [0, 0.05) is 29.1 Å². The molecule has 2 saturated carbocycles.